The van der Waals surface area contributed by atoms with E-state index in [0.717, 1.165) is 5.57 Å². The number of halogens is 3. The Kier molecular flexibility index (Phi) is 4.81. The summed E-state index contributed by atoms with van der Waals surface area (Å²) >= 11 is 0. The molecule has 0 amide bonds. The summed E-state index contributed by atoms with van der Waals surface area (Å²) in [6.45, 7) is 5.84. The highest BCUT2D eigenvalue weighted by Crippen LogP contribution is 2.32. The van der Waals surface area contributed by atoms with Crippen molar-refractivity contribution in [2.45, 2.75) is 39.8 Å². The molecule has 1 aliphatic carbocycles. The number of hydrogen-bond acceptors (Lipinski definition) is 0. The molecule has 13 heavy (non-hydrogen) atoms. The fourth-order valence-electron chi connectivity index (χ4n) is 0.978. The molecule has 3 heteroatoms. The maximum absolute atomic E-state index is 12.0. The van der Waals surface area contributed by atoms with E-state index in [1.807, 2.05) is 20.8 Å². The average molecular weight is 192 g/mol. The van der Waals surface area contributed by atoms with Crippen molar-refractivity contribution in [1.29, 1.82) is 0 Å². The van der Waals surface area contributed by atoms with Crippen LogP contribution in [0.25, 0.3) is 0 Å². The van der Waals surface area contributed by atoms with Crippen LogP contribution in [0.4, 0.5) is 13.2 Å². The lowest BCUT2D eigenvalue weighted by atomic mass is 9.99. The molecule has 76 valence electrons. The lowest BCUT2D eigenvalue weighted by molar-refractivity contribution is -0.0941. The van der Waals surface area contributed by atoms with E-state index in [1.54, 1.807) is 0 Å². The van der Waals surface area contributed by atoms with Crippen LogP contribution in [0.15, 0.2) is 23.3 Å². The third-order valence-corrected chi connectivity index (χ3v) is 1.72. The van der Waals surface area contributed by atoms with E-state index in [1.165, 1.54) is 12.2 Å². The molecule has 0 aromatic rings. The highest BCUT2D eigenvalue weighted by Gasteiger charge is 2.33. The van der Waals surface area contributed by atoms with Crippen molar-refractivity contribution in [2.75, 3.05) is 0 Å². The minimum atomic E-state index is -4.13. The zero-order valence-electron chi connectivity index (χ0n) is 8.20. The first-order valence-corrected chi connectivity index (χ1v) is 4.43. The van der Waals surface area contributed by atoms with Crippen molar-refractivity contribution < 1.29 is 13.2 Å². The first-order valence-electron chi connectivity index (χ1n) is 4.43. The van der Waals surface area contributed by atoms with Gasteiger partial charge in [-0.15, -0.1) is 0 Å². The van der Waals surface area contributed by atoms with Gasteiger partial charge in [-0.3, -0.25) is 0 Å². The fraction of sp³-hybridized carbons (Fsp3) is 0.600. The van der Waals surface area contributed by atoms with Gasteiger partial charge in [0.05, 0.1) is 0 Å². The largest absolute Gasteiger partial charge is 0.412 e. The maximum atomic E-state index is 12.0. The molecule has 0 atom stereocenters. The zero-order valence-corrected chi connectivity index (χ0v) is 8.20. The van der Waals surface area contributed by atoms with Crippen molar-refractivity contribution in [1.82, 2.24) is 0 Å². The maximum Gasteiger partial charge on any atom is 0.412 e. The van der Waals surface area contributed by atoms with Crippen molar-refractivity contribution in [3.8, 4) is 0 Å². The molecule has 0 unspecified atom stereocenters. The summed E-state index contributed by atoms with van der Waals surface area (Å²) in [4.78, 5) is 0. The van der Waals surface area contributed by atoms with Crippen LogP contribution in [-0.4, -0.2) is 6.18 Å². The predicted molar refractivity (Wildman–Crippen MR) is 48.5 cm³/mol. The Morgan fingerprint density at radius 1 is 1.08 bits per heavy atom. The Labute approximate surface area is 77.1 Å². The molecule has 0 aromatic heterocycles. The zero-order chi connectivity index (χ0) is 10.5. The molecule has 0 N–H and O–H groups in total. The molecule has 0 nitrogen and oxygen atoms in total. The molecular weight excluding hydrogens is 177 g/mol. The van der Waals surface area contributed by atoms with Crippen molar-refractivity contribution in [3.05, 3.63) is 23.3 Å². The second-order valence-corrected chi connectivity index (χ2v) is 2.70. The van der Waals surface area contributed by atoms with E-state index in [2.05, 4.69) is 0 Å². The van der Waals surface area contributed by atoms with Crippen molar-refractivity contribution in [3.63, 3.8) is 0 Å². The van der Waals surface area contributed by atoms with Gasteiger partial charge in [-0.25, -0.2) is 0 Å². The van der Waals surface area contributed by atoms with Crippen LogP contribution in [0.5, 0.6) is 0 Å². The molecular formula is C10H15F3. The van der Waals surface area contributed by atoms with E-state index < -0.39 is 11.7 Å². The summed E-state index contributed by atoms with van der Waals surface area (Å²) in [5, 5.41) is 0. The van der Waals surface area contributed by atoms with E-state index >= 15 is 0 Å². The van der Waals surface area contributed by atoms with Gasteiger partial charge in [-0.05, 0) is 19.8 Å². The van der Waals surface area contributed by atoms with E-state index in [4.69, 9.17) is 0 Å². The van der Waals surface area contributed by atoms with Gasteiger partial charge in [0.1, 0.15) is 0 Å². The minimum absolute atomic E-state index is 0.131. The van der Waals surface area contributed by atoms with Crippen LogP contribution in [0.1, 0.15) is 33.6 Å². The van der Waals surface area contributed by atoms with Crippen LogP contribution in [-0.2, 0) is 0 Å². The van der Waals surface area contributed by atoms with Crippen LogP contribution >= 0.6 is 0 Å². The summed E-state index contributed by atoms with van der Waals surface area (Å²) in [6.07, 6.45) is -0.764. The summed E-state index contributed by atoms with van der Waals surface area (Å²) in [5.41, 5.74) is 0.598. The summed E-state index contributed by atoms with van der Waals surface area (Å²) in [6, 6.07) is 0. The molecule has 0 heterocycles. The normalized spacial score (nSPS) is 16.8. The van der Waals surface area contributed by atoms with Gasteiger partial charge in [-0.1, -0.05) is 31.6 Å². The van der Waals surface area contributed by atoms with Gasteiger partial charge >= 0.3 is 6.18 Å². The quantitative estimate of drug-likeness (QED) is 0.538. The van der Waals surface area contributed by atoms with E-state index in [0.29, 0.717) is 6.42 Å². The third kappa shape index (κ3) is 4.15. The number of alkyl halides is 3. The molecule has 0 aromatic carbocycles. The molecule has 0 aliphatic heterocycles. The molecule has 0 bridgehead atoms. The highest BCUT2D eigenvalue weighted by atomic mass is 19.4. The average Bonchev–Trinajstić information content (AvgIpc) is 2.07. The van der Waals surface area contributed by atoms with Gasteiger partial charge < -0.3 is 0 Å². The monoisotopic (exact) mass is 192 g/mol. The van der Waals surface area contributed by atoms with Gasteiger partial charge in [0, 0.05) is 5.57 Å². The second-order valence-electron chi connectivity index (χ2n) is 2.70. The van der Waals surface area contributed by atoms with Gasteiger partial charge in [-0.2, -0.15) is 13.2 Å². The Morgan fingerprint density at radius 2 is 1.62 bits per heavy atom. The minimum Gasteiger partial charge on any atom is -0.166 e. The lowest BCUT2D eigenvalue weighted by Gasteiger charge is -2.14. The number of allylic oxidation sites excluding steroid dienone is 4. The fourth-order valence-corrected chi connectivity index (χ4v) is 0.978. The molecule has 0 fully saturated rings. The molecule has 1 aliphatic rings. The van der Waals surface area contributed by atoms with Crippen molar-refractivity contribution in [2.24, 2.45) is 0 Å². The van der Waals surface area contributed by atoms with Crippen LogP contribution in [0, 0.1) is 0 Å². The van der Waals surface area contributed by atoms with Crippen LogP contribution in [0.3, 0.4) is 0 Å². The Bertz CT molecular complexity index is 209. The lowest BCUT2D eigenvalue weighted by Crippen LogP contribution is -2.13. The molecule has 0 spiro atoms. The first kappa shape index (κ1) is 12.3. The Hall–Kier alpha value is -0.730. The van der Waals surface area contributed by atoms with Gasteiger partial charge in [0.15, 0.2) is 0 Å². The van der Waals surface area contributed by atoms with Crippen molar-refractivity contribution >= 4 is 0 Å². The summed E-state index contributed by atoms with van der Waals surface area (Å²) in [7, 11) is 0. The van der Waals surface area contributed by atoms with E-state index in [-0.39, 0.29) is 6.42 Å². The SMILES string of the molecule is CC.CC1=CC=C(C(F)(F)F)CC1. The molecule has 0 radical (unpaired) electrons. The smallest absolute Gasteiger partial charge is 0.166 e. The third-order valence-electron chi connectivity index (χ3n) is 1.72. The molecule has 0 saturated carbocycles. The second kappa shape index (κ2) is 5.10. The Morgan fingerprint density at radius 3 is 1.92 bits per heavy atom. The van der Waals surface area contributed by atoms with E-state index in [9.17, 15) is 13.2 Å². The summed E-state index contributed by atoms with van der Waals surface area (Å²) < 4.78 is 35.9. The van der Waals surface area contributed by atoms with Gasteiger partial charge in [0.2, 0.25) is 0 Å². The molecule has 1 rings (SSSR count). The van der Waals surface area contributed by atoms with Crippen LogP contribution in [0.2, 0.25) is 0 Å². The molecule has 0 saturated heterocycles. The van der Waals surface area contributed by atoms with Crippen LogP contribution < -0.4 is 0 Å². The standard InChI is InChI=1S/C8H9F3.C2H6/c1-6-2-4-7(5-3-6)8(9,10)11;1-2/h2,4H,3,5H2,1H3;1-2H3. The summed E-state index contributed by atoms with van der Waals surface area (Å²) in [5.74, 6) is 0. The highest BCUT2D eigenvalue weighted by molar-refractivity contribution is 5.25. The van der Waals surface area contributed by atoms with Gasteiger partial charge in [0.25, 0.3) is 0 Å². The topological polar surface area (TPSA) is 0 Å². The Balaban J connectivity index is 0.000000671. The predicted octanol–water partition coefficient (Wildman–Crippen LogP) is 4.24. The number of hydrogen-bond donors (Lipinski definition) is 0. The first-order chi connectivity index (χ1) is 6.00. The number of rotatable bonds is 0.